The zero-order chi connectivity index (χ0) is 14.7. The number of fused-ring (bicyclic) bond motifs is 1. The van der Waals surface area contributed by atoms with Crippen molar-refractivity contribution in [3.8, 4) is 0 Å². The van der Waals surface area contributed by atoms with E-state index in [0.717, 1.165) is 18.1 Å². The van der Waals surface area contributed by atoms with E-state index in [1.165, 1.54) is 84.2 Å². The zero-order valence-corrected chi connectivity index (χ0v) is 14.3. The second-order valence-electron chi connectivity index (χ2n) is 7.48. The molecule has 3 aliphatic heterocycles. The Labute approximate surface area is 131 Å². The van der Waals surface area contributed by atoms with Gasteiger partial charge in [0.1, 0.15) is 0 Å². The summed E-state index contributed by atoms with van der Waals surface area (Å²) in [5.74, 6) is 0. The van der Waals surface area contributed by atoms with Crippen LogP contribution in [0.15, 0.2) is 0 Å². The van der Waals surface area contributed by atoms with Gasteiger partial charge in [-0.3, -0.25) is 9.80 Å². The number of nitrogens with zero attached hydrogens (tertiary/aromatic N) is 3. The molecule has 122 valence electrons. The van der Waals surface area contributed by atoms with Gasteiger partial charge in [0.05, 0.1) is 0 Å². The summed E-state index contributed by atoms with van der Waals surface area (Å²) < 4.78 is 0. The lowest BCUT2D eigenvalue weighted by Gasteiger charge is -2.52. The van der Waals surface area contributed by atoms with E-state index in [1.54, 1.807) is 0 Å². The van der Waals surface area contributed by atoms with Crippen molar-refractivity contribution in [3.05, 3.63) is 0 Å². The van der Waals surface area contributed by atoms with E-state index < -0.39 is 0 Å². The van der Waals surface area contributed by atoms with Crippen molar-refractivity contribution in [2.45, 2.75) is 76.9 Å². The van der Waals surface area contributed by atoms with Crippen LogP contribution in [0.3, 0.4) is 0 Å². The normalized spacial score (nSPS) is 34.0. The van der Waals surface area contributed by atoms with Gasteiger partial charge in [-0.1, -0.05) is 20.3 Å². The standard InChI is InChI=1S/C18H35N3/c1-3-10-19-12-8-17(9-13-19)21-15-18-7-5-6-11-20(18)14-16(21)4-2/h16-18H,3-15H2,1-2H3. The van der Waals surface area contributed by atoms with Crippen molar-refractivity contribution in [2.24, 2.45) is 0 Å². The highest BCUT2D eigenvalue weighted by Gasteiger charge is 2.37. The summed E-state index contributed by atoms with van der Waals surface area (Å²) in [5, 5.41) is 0. The smallest absolute Gasteiger partial charge is 0.0224 e. The molecule has 0 aromatic rings. The fourth-order valence-electron chi connectivity index (χ4n) is 4.88. The highest BCUT2D eigenvalue weighted by molar-refractivity contribution is 4.94. The van der Waals surface area contributed by atoms with E-state index in [4.69, 9.17) is 0 Å². The molecule has 0 aromatic heterocycles. The quantitative estimate of drug-likeness (QED) is 0.789. The molecule has 0 aliphatic carbocycles. The summed E-state index contributed by atoms with van der Waals surface area (Å²) in [6, 6.07) is 2.56. The number of rotatable bonds is 4. The summed E-state index contributed by atoms with van der Waals surface area (Å²) in [6.07, 6.45) is 9.79. The molecule has 3 fully saturated rings. The van der Waals surface area contributed by atoms with Crippen LogP contribution in [0.4, 0.5) is 0 Å². The monoisotopic (exact) mass is 293 g/mol. The van der Waals surface area contributed by atoms with Crippen molar-refractivity contribution in [2.75, 3.05) is 39.3 Å². The van der Waals surface area contributed by atoms with Gasteiger partial charge >= 0.3 is 0 Å². The van der Waals surface area contributed by atoms with Gasteiger partial charge in [-0.05, 0) is 64.7 Å². The molecule has 0 radical (unpaired) electrons. The van der Waals surface area contributed by atoms with Gasteiger partial charge in [0.15, 0.2) is 0 Å². The molecule has 0 bridgehead atoms. The molecule has 2 unspecified atom stereocenters. The summed E-state index contributed by atoms with van der Waals surface area (Å²) in [4.78, 5) is 8.41. The minimum atomic E-state index is 0.821. The molecule has 2 atom stereocenters. The molecule has 21 heavy (non-hydrogen) atoms. The molecule has 3 heterocycles. The van der Waals surface area contributed by atoms with Crippen molar-refractivity contribution in [3.63, 3.8) is 0 Å². The molecule has 3 heteroatoms. The first-order valence-corrected chi connectivity index (χ1v) is 9.54. The molecular weight excluding hydrogens is 258 g/mol. The zero-order valence-electron chi connectivity index (χ0n) is 14.3. The number of hydrogen-bond acceptors (Lipinski definition) is 3. The van der Waals surface area contributed by atoms with Crippen LogP contribution in [0.2, 0.25) is 0 Å². The Balaban J connectivity index is 1.58. The van der Waals surface area contributed by atoms with Crippen LogP contribution in [0.5, 0.6) is 0 Å². The lowest BCUT2D eigenvalue weighted by atomic mass is 9.92. The van der Waals surface area contributed by atoms with Crippen molar-refractivity contribution < 1.29 is 0 Å². The van der Waals surface area contributed by atoms with Gasteiger partial charge in [-0.15, -0.1) is 0 Å². The van der Waals surface area contributed by atoms with Gasteiger partial charge in [0.25, 0.3) is 0 Å². The van der Waals surface area contributed by atoms with Crippen LogP contribution >= 0.6 is 0 Å². The first-order valence-electron chi connectivity index (χ1n) is 9.54. The molecular formula is C18H35N3. The van der Waals surface area contributed by atoms with Crippen LogP contribution in [0, 0.1) is 0 Å². The van der Waals surface area contributed by atoms with Crippen LogP contribution in [-0.4, -0.2) is 72.1 Å². The van der Waals surface area contributed by atoms with Crippen LogP contribution in [-0.2, 0) is 0 Å². The lowest BCUT2D eigenvalue weighted by molar-refractivity contribution is -0.0296. The molecule has 3 nitrogen and oxygen atoms in total. The van der Waals surface area contributed by atoms with E-state index in [2.05, 4.69) is 28.5 Å². The van der Waals surface area contributed by atoms with Crippen LogP contribution in [0.25, 0.3) is 0 Å². The summed E-state index contributed by atoms with van der Waals surface area (Å²) in [5.41, 5.74) is 0. The number of piperazine rings is 1. The van der Waals surface area contributed by atoms with E-state index in [1.807, 2.05) is 0 Å². The van der Waals surface area contributed by atoms with E-state index in [9.17, 15) is 0 Å². The highest BCUT2D eigenvalue weighted by atomic mass is 15.3. The molecule has 0 N–H and O–H groups in total. The fraction of sp³-hybridized carbons (Fsp3) is 1.00. The maximum Gasteiger partial charge on any atom is 0.0224 e. The third-order valence-corrected chi connectivity index (χ3v) is 6.12. The minimum Gasteiger partial charge on any atom is -0.303 e. The van der Waals surface area contributed by atoms with Gasteiger partial charge in [0.2, 0.25) is 0 Å². The lowest BCUT2D eigenvalue weighted by Crippen LogP contribution is -2.62. The predicted octanol–water partition coefficient (Wildman–Crippen LogP) is 2.81. The van der Waals surface area contributed by atoms with Crippen LogP contribution in [0.1, 0.15) is 58.8 Å². The minimum absolute atomic E-state index is 0.821. The molecule has 3 saturated heterocycles. The number of likely N-dealkylation sites (tertiary alicyclic amines) is 1. The van der Waals surface area contributed by atoms with E-state index in [-0.39, 0.29) is 0 Å². The SMILES string of the molecule is CCCN1CCC(N2CC3CCCCN3CC2CC)CC1. The fourth-order valence-corrected chi connectivity index (χ4v) is 4.88. The summed E-state index contributed by atoms with van der Waals surface area (Å²) in [7, 11) is 0. The Bertz CT molecular complexity index is 312. The second kappa shape index (κ2) is 7.43. The maximum absolute atomic E-state index is 2.93. The Kier molecular flexibility index (Phi) is 5.58. The third kappa shape index (κ3) is 3.62. The molecule has 0 amide bonds. The van der Waals surface area contributed by atoms with Gasteiger partial charge in [-0.25, -0.2) is 0 Å². The Hall–Kier alpha value is -0.120. The number of piperidine rings is 2. The van der Waals surface area contributed by atoms with Crippen molar-refractivity contribution >= 4 is 0 Å². The third-order valence-electron chi connectivity index (χ3n) is 6.12. The first-order chi connectivity index (χ1) is 10.3. The Morgan fingerprint density at radius 2 is 1.67 bits per heavy atom. The average molecular weight is 293 g/mol. The summed E-state index contributed by atoms with van der Waals surface area (Å²) in [6.45, 7) is 12.7. The molecule has 0 aromatic carbocycles. The highest BCUT2D eigenvalue weighted by Crippen LogP contribution is 2.29. The van der Waals surface area contributed by atoms with E-state index >= 15 is 0 Å². The Morgan fingerprint density at radius 3 is 2.38 bits per heavy atom. The number of hydrogen-bond donors (Lipinski definition) is 0. The largest absolute Gasteiger partial charge is 0.303 e. The van der Waals surface area contributed by atoms with Crippen molar-refractivity contribution in [1.29, 1.82) is 0 Å². The molecule has 0 saturated carbocycles. The predicted molar refractivity (Wildman–Crippen MR) is 89.8 cm³/mol. The Morgan fingerprint density at radius 1 is 0.857 bits per heavy atom. The van der Waals surface area contributed by atoms with E-state index in [0.29, 0.717) is 0 Å². The molecule has 3 aliphatic rings. The van der Waals surface area contributed by atoms with Gasteiger partial charge < -0.3 is 4.90 Å². The second-order valence-corrected chi connectivity index (χ2v) is 7.48. The molecule has 0 spiro atoms. The van der Waals surface area contributed by atoms with Crippen molar-refractivity contribution in [1.82, 2.24) is 14.7 Å². The van der Waals surface area contributed by atoms with Gasteiger partial charge in [-0.2, -0.15) is 0 Å². The average Bonchev–Trinajstić information content (AvgIpc) is 2.54. The first kappa shape index (κ1) is 15.8. The summed E-state index contributed by atoms with van der Waals surface area (Å²) >= 11 is 0. The topological polar surface area (TPSA) is 9.72 Å². The van der Waals surface area contributed by atoms with Crippen LogP contribution < -0.4 is 0 Å². The molecule has 3 rings (SSSR count). The maximum atomic E-state index is 2.93. The van der Waals surface area contributed by atoms with Gasteiger partial charge in [0, 0.05) is 31.2 Å².